The number of benzene rings is 3. The van der Waals surface area contributed by atoms with Crippen molar-refractivity contribution in [2.24, 2.45) is 0 Å². The van der Waals surface area contributed by atoms with Gasteiger partial charge in [-0.15, -0.1) is 0 Å². The maximum atomic E-state index is 11.5. The van der Waals surface area contributed by atoms with Crippen molar-refractivity contribution in [1.29, 1.82) is 0 Å². The first-order chi connectivity index (χ1) is 15.1. The molecule has 4 heteroatoms. The summed E-state index contributed by atoms with van der Waals surface area (Å²) in [5.74, 6) is 1.72. The summed E-state index contributed by atoms with van der Waals surface area (Å²) in [6.07, 6.45) is 1.90. The Labute approximate surface area is 184 Å². The average molecular weight is 419 g/mol. The molecule has 0 aliphatic carbocycles. The van der Waals surface area contributed by atoms with Gasteiger partial charge in [0.05, 0.1) is 13.2 Å². The van der Waals surface area contributed by atoms with Crippen LogP contribution in [0.4, 0.5) is 0 Å². The van der Waals surface area contributed by atoms with Crippen molar-refractivity contribution >= 4 is 5.78 Å². The van der Waals surface area contributed by atoms with Gasteiger partial charge >= 0.3 is 0 Å². The number of hydrogen-bond donors (Lipinski definition) is 0. The summed E-state index contributed by atoms with van der Waals surface area (Å²) in [5.41, 5.74) is 3.62. The Morgan fingerprint density at radius 1 is 0.742 bits per heavy atom. The SMILES string of the molecule is COC(Cc1ccc(OCCCOc2ccc(Cc3ccccc3)cc2)cc1)C(C)=O. The van der Waals surface area contributed by atoms with E-state index in [-0.39, 0.29) is 5.78 Å². The van der Waals surface area contributed by atoms with Crippen LogP contribution in [0.1, 0.15) is 30.0 Å². The topological polar surface area (TPSA) is 44.8 Å². The van der Waals surface area contributed by atoms with Crippen molar-refractivity contribution in [3.8, 4) is 11.5 Å². The second-order valence-electron chi connectivity index (χ2n) is 7.54. The van der Waals surface area contributed by atoms with Crippen LogP contribution in [0.3, 0.4) is 0 Å². The molecule has 0 fully saturated rings. The van der Waals surface area contributed by atoms with Crippen LogP contribution in [0.15, 0.2) is 78.9 Å². The highest BCUT2D eigenvalue weighted by Gasteiger charge is 2.13. The van der Waals surface area contributed by atoms with E-state index in [1.165, 1.54) is 11.1 Å². The molecule has 3 aromatic rings. The van der Waals surface area contributed by atoms with Crippen LogP contribution in [0.5, 0.6) is 11.5 Å². The van der Waals surface area contributed by atoms with Crippen molar-refractivity contribution in [3.63, 3.8) is 0 Å². The van der Waals surface area contributed by atoms with E-state index in [2.05, 4.69) is 36.4 Å². The highest BCUT2D eigenvalue weighted by atomic mass is 16.5. The number of hydrogen-bond acceptors (Lipinski definition) is 4. The van der Waals surface area contributed by atoms with Gasteiger partial charge in [-0.3, -0.25) is 4.79 Å². The van der Waals surface area contributed by atoms with Gasteiger partial charge in [0.25, 0.3) is 0 Å². The van der Waals surface area contributed by atoms with Gasteiger partial charge in [-0.05, 0) is 54.3 Å². The summed E-state index contributed by atoms with van der Waals surface area (Å²) in [7, 11) is 1.56. The molecule has 1 atom stereocenters. The van der Waals surface area contributed by atoms with E-state index in [4.69, 9.17) is 14.2 Å². The number of carbonyl (C=O) groups is 1. The summed E-state index contributed by atoms with van der Waals surface area (Å²) < 4.78 is 16.8. The highest BCUT2D eigenvalue weighted by Crippen LogP contribution is 2.17. The molecule has 0 bridgehead atoms. The zero-order chi connectivity index (χ0) is 21.9. The fourth-order valence-electron chi connectivity index (χ4n) is 3.30. The van der Waals surface area contributed by atoms with Crippen LogP contribution in [0, 0.1) is 0 Å². The average Bonchev–Trinajstić information content (AvgIpc) is 2.80. The first kappa shape index (κ1) is 22.6. The number of methoxy groups -OCH3 is 1. The van der Waals surface area contributed by atoms with Gasteiger partial charge in [0, 0.05) is 20.0 Å². The third-order valence-corrected chi connectivity index (χ3v) is 5.08. The fourth-order valence-corrected chi connectivity index (χ4v) is 3.30. The van der Waals surface area contributed by atoms with E-state index in [0.29, 0.717) is 19.6 Å². The fraction of sp³-hybridized carbons (Fsp3) is 0.296. The Morgan fingerprint density at radius 3 is 1.77 bits per heavy atom. The minimum absolute atomic E-state index is 0.0358. The Kier molecular flexibility index (Phi) is 8.68. The lowest BCUT2D eigenvalue weighted by Crippen LogP contribution is -2.22. The first-order valence-corrected chi connectivity index (χ1v) is 10.6. The van der Waals surface area contributed by atoms with Crippen LogP contribution < -0.4 is 9.47 Å². The second kappa shape index (κ2) is 11.9. The van der Waals surface area contributed by atoms with Crippen LogP contribution >= 0.6 is 0 Å². The molecule has 0 N–H and O–H groups in total. The highest BCUT2D eigenvalue weighted by molar-refractivity contribution is 5.80. The standard InChI is InChI=1S/C27H30O4/c1-21(28)27(29-2)20-24-11-15-26(16-12-24)31-18-6-17-30-25-13-9-23(10-14-25)19-22-7-4-3-5-8-22/h3-5,7-16,27H,6,17-20H2,1-2H3. The number of rotatable bonds is 12. The molecule has 162 valence electrons. The minimum atomic E-state index is -0.392. The van der Waals surface area contributed by atoms with E-state index >= 15 is 0 Å². The van der Waals surface area contributed by atoms with E-state index in [0.717, 1.165) is 29.9 Å². The van der Waals surface area contributed by atoms with E-state index in [1.807, 2.05) is 42.5 Å². The van der Waals surface area contributed by atoms with Gasteiger partial charge < -0.3 is 14.2 Å². The molecule has 3 rings (SSSR count). The van der Waals surface area contributed by atoms with Crippen LogP contribution in [0.25, 0.3) is 0 Å². The molecule has 31 heavy (non-hydrogen) atoms. The molecule has 0 amide bonds. The lowest BCUT2D eigenvalue weighted by atomic mass is 10.1. The Hall–Kier alpha value is -3.11. The lowest BCUT2D eigenvalue weighted by Gasteiger charge is -2.12. The number of Topliss-reactive ketones (excluding diaryl/α,β-unsaturated/α-hetero) is 1. The minimum Gasteiger partial charge on any atom is -0.493 e. The summed E-state index contributed by atoms with van der Waals surface area (Å²) in [6.45, 7) is 2.73. The van der Waals surface area contributed by atoms with Crippen molar-refractivity contribution in [1.82, 2.24) is 0 Å². The smallest absolute Gasteiger partial charge is 0.158 e. The molecule has 0 aliphatic rings. The van der Waals surface area contributed by atoms with Crippen LogP contribution in [-0.2, 0) is 22.4 Å². The van der Waals surface area contributed by atoms with E-state index < -0.39 is 6.10 Å². The molecule has 0 spiro atoms. The Bertz CT molecular complexity index is 918. The Balaban J connectivity index is 1.35. The Morgan fingerprint density at radius 2 is 1.26 bits per heavy atom. The zero-order valence-electron chi connectivity index (χ0n) is 18.3. The normalized spacial score (nSPS) is 11.7. The maximum Gasteiger partial charge on any atom is 0.158 e. The lowest BCUT2D eigenvalue weighted by molar-refractivity contribution is -0.126. The van der Waals surface area contributed by atoms with Crippen molar-refractivity contribution < 1.29 is 19.0 Å². The molecule has 4 nitrogen and oxygen atoms in total. The second-order valence-corrected chi connectivity index (χ2v) is 7.54. The summed E-state index contributed by atoms with van der Waals surface area (Å²) >= 11 is 0. The van der Waals surface area contributed by atoms with E-state index in [1.54, 1.807) is 14.0 Å². The van der Waals surface area contributed by atoms with Crippen LogP contribution in [0.2, 0.25) is 0 Å². The third kappa shape index (κ3) is 7.58. The molecule has 0 heterocycles. The molecule has 1 unspecified atom stereocenters. The first-order valence-electron chi connectivity index (χ1n) is 10.6. The van der Waals surface area contributed by atoms with E-state index in [9.17, 15) is 4.79 Å². The molecule has 0 saturated carbocycles. The van der Waals surface area contributed by atoms with Crippen molar-refractivity contribution in [3.05, 3.63) is 95.6 Å². The maximum absolute atomic E-state index is 11.5. The number of ether oxygens (including phenoxy) is 3. The summed E-state index contributed by atoms with van der Waals surface area (Å²) in [5, 5.41) is 0. The number of carbonyl (C=O) groups excluding carboxylic acids is 1. The molecule has 0 aromatic heterocycles. The quantitative estimate of drug-likeness (QED) is 0.376. The van der Waals surface area contributed by atoms with Gasteiger partial charge in [-0.2, -0.15) is 0 Å². The molecule has 0 saturated heterocycles. The largest absolute Gasteiger partial charge is 0.493 e. The molecule has 0 aliphatic heterocycles. The molecular formula is C27H30O4. The van der Waals surface area contributed by atoms with Gasteiger partial charge in [-0.1, -0.05) is 54.6 Å². The van der Waals surface area contributed by atoms with Gasteiger partial charge in [0.15, 0.2) is 5.78 Å². The monoisotopic (exact) mass is 418 g/mol. The predicted molar refractivity (Wildman–Crippen MR) is 123 cm³/mol. The molecule has 0 radical (unpaired) electrons. The zero-order valence-corrected chi connectivity index (χ0v) is 18.3. The predicted octanol–water partition coefficient (Wildman–Crippen LogP) is 5.27. The number of ketones is 1. The molecular weight excluding hydrogens is 388 g/mol. The summed E-state index contributed by atoms with van der Waals surface area (Å²) in [4.78, 5) is 11.5. The van der Waals surface area contributed by atoms with Gasteiger partial charge in [0.2, 0.25) is 0 Å². The van der Waals surface area contributed by atoms with Crippen molar-refractivity contribution in [2.45, 2.75) is 32.3 Å². The van der Waals surface area contributed by atoms with Gasteiger partial charge in [-0.25, -0.2) is 0 Å². The molecule has 3 aromatic carbocycles. The summed E-state index contributed by atoms with van der Waals surface area (Å²) in [6, 6.07) is 26.5. The third-order valence-electron chi connectivity index (χ3n) is 5.08. The van der Waals surface area contributed by atoms with Crippen molar-refractivity contribution in [2.75, 3.05) is 20.3 Å². The van der Waals surface area contributed by atoms with Crippen LogP contribution in [-0.4, -0.2) is 32.2 Å². The van der Waals surface area contributed by atoms with Gasteiger partial charge in [0.1, 0.15) is 17.6 Å².